The highest BCUT2D eigenvalue weighted by Gasteiger charge is 2.40. The second-order valence-corrected chi connectivity index (χ2v) is 7.36. The van der Waals surface area contributed by atoms with Crippen LogP contribution in [0.1, 0.15) is 43.1 Å². The summed E-state index contributed by atoms with van der Waals surface area (Å²) in [6, 6.07) is 4.89. The number of carbonyl (C=O) groups is 2. The first kappa shape index (κ1) is 18.7. The van der Waals surface area contributed by atoms with Gasteiger partial charge in [0.25, 0.3) is 5.91 Å². The summed E-state index contributed by atoms with van der Waals surface area (Å²) in [5.41, 5.74) is 2.77. The molecule has 0 radical (unpaired) electrons. The summed E-state index contributed by atoms with van der Waals surface area (Å²) >= 11 is 0. The molecule has 0 bridgehead atoms. The maximum absolute atomic E-state index is 13.2. The molecule has 2 amide bonds. The van der Waals surface area contributed by atoms with Crippen molar-refractivity contribution in [1.82, 2.24) is 10.4 Å². The van der Waals surface area contributed by atoms with Crippen LogP contribution in [0.15, 0.2) is 18.2 Å². The number of carbonyl (C=O) groups excluding carboxylic acids is 2. The molecule has 2 aliphatic rings. The highest BCUT2D eigenvalue weighted by atomic mass is 16.5. The molecule has 1 saturated heterocycles. The van der Waals surface area contributed by atoms with Gasteiger partial charge in [0.15, 0.2) is 0 Å². The van der Waals surface area contributed by atoms with Crippen LogP contribution in [0.25, 0.3) is 0 Å². The molecule has 2 N–H and O–H groups in total. The molecule has 3 rings (SSSR count). The number of hydrogen-bond donors (Lipinski definition) is 2. The molecule has 7 heteroatoms. The van der Waals surface area contributed by atoms with Crippen LogP contribution in [0.5, 0.6) is 5.75 Å². The van der Waals surface area contributed by atoms with Crippen LogP contribution >= 0.6 is 0 Å². The number of amides is 2. The quantitative estimate of drug-likeness (QED) is 0.634. The topological polar surface area (TPSA) is 88.1 Å². The van der Waals surface area contributed by atoms with E-state index in [0.29, 0.717) is 31.1 Å². The van der Waals surface area contributed by atoms with Gasteiger partial charge in [-0.3, -0.25) is 14.8 Å². The monoisotopic (exact) mass is 362 g/mol. The minimum atomic E-state index is -0.593. The number of hydroxylamine groups is 1. The van der Waals surface area contributed by atoms with Crippen molar-refractivity contribution in [3.05, 3.63) is 29.3 Å². The predicted molar refractivity (Wildman–Crippen MR) is 93.9 cm³/mol. The lowest BCUT2D eigenvalue weighted by atomic mass is 9.91. The number of nitrogens with one attached hydrogen (secondary N) is 1. The zero-order valence-electron chi connectivity index (χ0n) is 15.4. The fourth-order valence-electron chi connectivity index (χ4n) is 3.71. The zero-order chi connectivity index (χ0) is 18.8. The maximum atomic E-state index is 13.2. The third kappa shape index (κ3) is 3.54. The second kappa shape index (κ2) is 7.63. The zero-order valence-corrected chi connectivity index (χ0v) is 15.4. The predicted octanol–water partition coefficient (Wildman–Crippen LogP) is 1.98. The number of fused-ring (bicyclic) bond motifs is 1. The van der Waals surface area contributed by atoms with Gasteiger partial charge in [0, 0.05) is 24.3 Å². The molecule has 1 fully saturated rings. The van der Waals surface area contributed by atoms with E-state index < -0.39 is 5.91 Å². The molecule has 3 atom stereocenters. The van der Waals surface area contributed by atoms with Gasteiger partial charge >= 0.3 is 0 Å². The summed E-state index contributed by atoms with van der Waals surface area (Å²) in [4.78, 5) is 26.7. The van der Waals surface area contributed by atoms with E-state index in [2.05, 4.69) is 13.8 Å². The Morgan fingerprint density at radius 3 is 2.81 bits per heavy atom. The van der Waals surface area contributed by atoms with Gasteiger partial charge in [0.05, 0.1) is 18.1 Å². The van der Waals surface area contributed by atoms with Gasteiger partial charge in [0.2, 0.25) is 5.91 Å². The lowest BCUT2D eigenvalue weighted by molar-refractivity contribution is -0.141. The average molecular weight is 362 g/mol. The molecule has 0 saturated carbocycles. The smallest absolute Gasteiger partial charge is 0.274 e. The van der Waals surface area contributed by atoms with Crippen LogP contribution < -0.4 is 10.2 Å². The molecular weight excluding hydrogens is 336 g/mol. The maximum Gasteiger partial charge on any atom is 0.274 e. The van der Waals surface area contributed by atoms with Gasteiger partial charge in [0.1, 0.15) is 12.4 Å². The Balaban J connectivity index is 1.83. The summed E-state index contributed by atoms with van der Waals surface area (Å²) in [6.07, 6.45) is 0.697. The number of ether oxygens (including phenoxy) is 2. The van der Waals surface area contributed by atoms with E-state index >= 15 is 0 Å². The van der Waals surface area contributed by atoms with E-state index in [1.807, 2.05) is 11.8 Å². The Labute approximate surface area is 153 Å². The molecule has 26 heavy (non-hydrogen) atoms. The minimum Gasteiger partial charge on any atom is -0.491 e. The van der Waals surface area contributed by atoms with Gasteiger partial charge in [-0.05, 0) is 31.4 Å². The van der Waals surface area contributed by atoms with Crippen molar-refractivity contribution in [2.75, 3.05) is 13.2 Å². The molecule has 142 valence electrons. The Kier molecular flexibility index (Phi) is 5.48. The van der Waals surface area contributed by atoms with Crippen molar-refractivity contribution in [3.63, 3.8) is 0 Å². The Morgan fingerprint density at radius 1 is 1.35 bits per heavy atom. The standard InChI is InChI=1S/C19H26N2O5/c1-11(2)17-15(6-7-25-17)19(23)21-9-14-5-4-13(18(22)20-24)8-16(14)26-10-12(21)3/h4-5,8,11-12,15,17,24H,6-7,9-10H2,1-3H3,(H,20,22)/t12-,15?,17?/m0/s1. The Bertz CT molecular complexity index is 691. The van der Waals surface area contributed by atoms with Crippen molar-refractivity contribution >= 4 is 11.8 Å². The Morgan fingerprint density at radius 2 is 2.12 bits per heavy atom. The van der Waals surface area contributed by atoms with Gasteiger partial charge in [-0.15, -0.1) is 0 Å². The molecule has 2 unspecified atom stereocenters. The molecule has 0 spiro atoms. The van der Waals surface area contributed by atoms with Crippen molar-refractivity contribution in [1.29, 1.82) is 0 Å². The number of nitrogens with zero attached hydrogens (tertiary/aromatic N) is 1. The highest BCUT2D eigenvalue weighted by molar-refractivity contribution is 5.93. The average Bonchev–Trinajstić information content (AvgIpc) is 3.07. The molecule has 0 aliphatic carbocycles. The molecule has 0 aromatic heterocycles. The van der Waals surface area contributed by atoms with Crippen molar-refractivity contribution in [3.8, 4) is 5.75 Å². The first-order chi connectivity index (χ1) is 12.4. The third-order valence-electron chi connectivity index (χ3n) is 5.18. The minimum absolute atomic E-state index is 0.0473. The second-order valence-electron chi connectivity index (χ2n) is 7.36. The van der Waals surface area contributed by atoms with E-state index in [1.165, 1.54) is 0 Å². The van der Waals surface area contributed by atoms with E-state index in [0.717, 1.165) is 12.0 Å². The number of hydrogen-bond acceptors (Lipinski definition) is 5. The van der Waals surface area contributed by atoms with E-state index in [-0.39, 0.29) is 29.9 Å². The fourth-order valence-corrected chi connectivity index (χ4v) is 3.71. The highest BCUT2D eigenvalue weighted by Crippen LogP contribution is 2.32. The lowest BCUT2D eigenvalue weighted by Crippen LogP contribution is -2.45. The molecule has 1 aromatic rings. The summed E-state index contributed by atoms with van der Waals surface area (Å²) in [6.45, 7) is 7.52. The molecule has 7 nitrogen and oxygen atoms in total. The van der Waals surface area contributed by atoms with Crippen LogP contribution in [0.2, 0.25) is 0 Å². The third-order valence-corrected chi connectivity index (χ3v) is 5.18. The normalized spacial score (nSPS) is 25.4. The fraction of sp³-hybridized carbons (Fsp3) is 0.579. The van der Waals surface area contributed by atoms with Crippen LogP contribution in [0.4, 0.5) is 0 Å². The van der Waals surface area contributed by atoms with Gasteiger partial charge in [-0.1, -0.05) is 19.9 Å². The van der Waals surface area contributed by atoms with E-state index in [9.17, 15) is 9.59 Å². The molecule has 2 aliphatic heterocycles. The summed E-state index contributed by atoms with van der Waals surface area (Å²) in [5, 5.41) is 8.79. The molecule has 2 heterocycles. The number of rotatable bonds is 3. The SMILES string of the molecule is CC(C)C1OCCC1C(=O)N1Cc2ccc(C(=O)NO)cc2OC[C@@H]1C. The van der Waals surface area contributed by atoms with Crippen LogP contribution in [0.3, 0.4) is 0 Å². The van der Waals surface area contributed by atoms with Crippen molar-refractivity contribution in [2.24, 2.45) is 11.8 Å². The van der Waals surface area contributed by atoms with E-state index in [1.54, 1.807) is 23.7 Å². The van der Waals surface area contributed by atoms with Crippen LogP contribution in [0, 0.1) is 11.8 Å². The molecule has 1 aromatic carbocycles. The molecular formula is C19H26N2O5. The largest absolute Gasteiger partial charge is 0.491 e. The van der Waals surface area contributed by atoms with Gasteiger partial charge in [-0.25, -0.2) is 5.48 Å². The lowest BCUT2D eigenvalue weighted by Gasteiger charge is -2.31. The van der Waals surface area contributed by atoms with Gasteiger partial charge < -0.3 is 14.4 Å². The first-order valence-corrected chi connectivity index (χ1v) is 9.04. The van der Waals surface area contributed by atoms with Crippen molar-refractivity contribution < 1.29 is 24.3 Å². The summed E-state index contributed by atoms with van der Waals surface area (Å²) in [5.74, 6) is 0.235. The summed E-state index contributed by atoms with van der Waals surface area (Å²) in [7, 11) is 0. The summed E-state index contributed by atoms with van der Waals surface area (Å²) < 4.78 is 11.6. The van der Waals surface area contributed by atoms with E-state index in [4.69, 9.17) is 14.7 Å². The first-order valence-electron chi connectivity index (χ1n) is 9.04. The van der Waals surface area contributed by atoms with Crippen molar-refractivity contribution in [2.45, 2.75) is 45.9 Å². The van der Waals surface area contributed by atoms with Crippen LogP contribution in [-0.4, -0.2) is 47.3 Å². The van der Waals surface area contributed by atoms with Gasteiger partial charge in [-0.2, -0.15) is 0 Å². The Hall–Kier alpha value is -2.12. The number of benzene rings is 1. The van der Waals surface area contributed by atoms with Crippen LogP contribution in [-0.2, 0) is 16.1 Å².